The minimum atomic E-state index is 0.508. The molecule has 0 fully saturated rings. The molecule has 19 heavy (non-hydrogen) atoms. The largest absolute Gasteiger partial charge is 0.378 e. The van der Waals surface area contributed by atoms with Crippen LogP contribution in [0.2, 0.25) is 0 Å². The summed E-state index contributed by atoms with van der Waals surface area (Å²) >= 11 is 6.81. The van der Waals surface area contributed by atoms with E-state index in [2.05, 4.69) is 37.3 Å². The van der Waals surface area contributed by atoms with Gasteiger partial charge in [-0.1, -0.05) is 0 Å². The minimum Gasteiger partial charge on any atom is -0.378 e. The summed E-state index contributed by atoms with van der Waals surface area (Å²) in [6.07, 6.45) is 0. The maximum atomic E-state index is 5.74. The number of thiophene rings is 1. The van der Waals surface area contributed by atoms with Gasteiger partial charge >= 0.3 is 0 Å². The molecule has 7 heteroatoms. The minimum absolute atomic E-state index is 0.508. The predicted octanol–water partition coefficient (Wildman–Crippen LogP) is 3.21. The van der Waals surface area contributed by atoms with E-state index < -0.39 is 0 Å². The number of hydrogen-bond acceptors (Lipinski definition) is 6. The lowest BCUT2D eigenvalue weighted by Crippen LogP contribution is -2.15. The lowest BCUT2D eigenvalue weighted by atomic mass is 10.3. The fourth-order valence-electron chi connectivity index (χ4n) is 1.71. The zero-order valence-electron chi connectivity index (χ0n) is 10.9. The van der Waals surface area contributed by atoms with Crippen molar-refractivity contribution in [3.63, 3.8) is 0 Å². The molecule has 0 aliphatic heterocycles. The Hall–Kier alpha value is -0.470. The SMILES string of the molecule is COCc1nc(N(C)Cc2csc(Br)c2)sc1CN. The zero-order chi connectivity index (χ0) is 13.8. The molecule has 0 atom stereocenters. The van der Waals surface area contributed by atoms with Gasteiger partial charge in [0.25, 0.3) is 0 Å². The van der Waals surface area contributed by atoms with Crippen LogP contribution in [0.3, 0.4) is 0 Å². The summed E-state index contributed by atoms with van der Waals surface area (Å²) in [6, 6.07) is 2.13. The van der Waals surface area contributed by atoms with Crippen molar-refractivity contribution in [1.29, 1.82) is 0 Å². The molecule has 0 aliphatic carbocycles. The number of methoxy groups -OCH3 is 1. The molecule has 2 aromatic rings. The Balaban J connectivity index is 2.12. The zero-order valence-corrected chi connectivity index (χ0v) is 14.1. The molecule has 0 saturated heterocycles. The van der Waals surface area contributed by atoms with Crippen LogP contribution in [0.4, 0.5) is 5.13 Å². The Morgan fingerprint density at radius 2 is 2.32 bits per heavy atom. The number of ether oxygens (including phenoxy) is 1. The Bertz CT molecular complexity index is 541. The van der Waals surface area contributed by atoms with Crippen molar-refractivity contribution < 1.29 is 4.74 Å². The first kappa shape index (κ1) is 14.9. The first-order valence-corrected chi connectivity index (χ1v) is 8.24. The van der Waals surface area contributed by atoms with Gasteiger partial charge in [-0.15, -0.1) is 22.7 Å². The van der Waals surface area contributed by atoms with Crippen molar-refractivity contribution in [2.75, 3.05) is 19.1 Å². The highest BCUT2D eigenvalue weighted by Crippen LogP contribution is 2.28. The average Bonchev–Trinajstić information content (AvgIpc) is 2.96. The quantitative estimate of drug-likeness (QED) is 0.857. The number of nitrogens with zero attached hydrogens (tertiary/aromatic N) is 2. The van der Waals surface area contributed by atoms with Gasteiger partial charge in [0.05, 0.1) is 16.1 Å². The first-order valence-electron chi connectivity index (χ1n) is 5.75. The molecule has 0 unspecified atom stereocenters. The van der Waals surface area contributed by atoms with Gasteiger partial charge in [0.2, 0.25) is 0 Å². The highest BCUT2D eigenvalue weighted by Gasteiger charge is 2.13. The van der Waals surface area contributed by atoms with E-state index in [4.69, 9.17) is 10.5 Å². The van der Waals surface area contributed by atoms with E-state index in [1.54, 1.807) is 29.8 Å². The molecular weight excluding hydrogens is 346 g/mol. The van der Waals surface area contributed by atoms with Gasteiger partial charge in [-0.2, -0.15) is 0 Å². The van der Waals surface area contributed by atoms with E-state index in [1.807, 2.05) is 7.05 Å². The molecule has 2 rings (SSSR count). The summed E-state index contributed by atoms with van der Waals surface area (Å²) in [6.45, 7) is 1.86. The summed E-state index contributed by atoms with van der Waals surface area (Å²) in [4.78, 5) is 7.83. The topological polar surface area (TPSA) is 51.4 Å². The molecule has 2 N–H and O–H groups in total. The van der Waals surface area contributed by atoms with E-state index in [0.717, 1.165) is 26.0 Å². The van der Waals surface area contributed by atoms with Gasteiger partial charge in [0.15, 0.2) is 5.13 Å². The van der Waals surface area contributed by atoms with Gasteiger partial charge in [-0.25, -0.2) is 4.98 Å². The van der Waals surface area contributed by atoms with E-state index in [1.165, 1.54) is 5.56 Å². The van der Waals surface area contributed by atoms with Crippen molar-refractivity contribution in [2.45, 2.75) is 19.7 Å². The van der Waals surface area contributed by atoms with E-state index >= 15 is 0 Å². The number of nitrogens with two attached hydrogens (primary N) is 1. The second-order valence-electron chi connectivity index (χ2n) is 4.12. The Morgan fingerprint density at radius 3 is 2.89 bits per heavy atom. The number of rotatable bonds is 6. The number of aromatic nitrogens is 1. The normalized spacial score (nSPS) is 10.9. The average molecular weight is 362 g/mol. The van der Waals surface area contributed by atoms with Crippen molar-refractivity contribution in [3.8, 4) is 0 Å². The molecular formula is C12H16BrN3OS2. The first-order chi connectivity index (χ1) is 9.13. The summed E-state index contributed by atoms with van der Waals surface area (Å²) in [7, 11) is 3.72. The Kier molecular flexibility index (Phi) is 5.35. The number of halogens is 1. The molecule has 0 radical (unpaired) electrons. The smallest absolute Gasteiger partial charge is 0.185 e. The van der Waals surface area contributed by atoms with Crippen LogP contribution >= 0.6 is 38.6 Å². The third-order valence-electron chi connectivity index (χ3n) is 2.60. The maximum Gasteiger partial charge on any atom is 0.185 e. The fraction of sp³-hybridized carbons (Fsp3) is 0.417. The van der Waals surface area contributed by atoms with Gasteiger partial charge in [0.1, 0.15) is 0 Å². The molecule has 0 spiro atoms. The molecule has 0 aromatic carbocycles. The molecule has 0 saturated carbocycles. The number of anilines is 1. The molecule has 0 bridgehead atoms. The lowest BCUT2D eigenvalue weighted by molar-refractivity contribution is 0.181. The molecule has 2 aromatic heterocycles. The molecule has 0 aliphatic rings. The summed E-state index contributed by atoms with van der Waals surface area (Å²) < 4.78 is 6.30. The second-order valence-corrected chi connectivity index (χ2v) is 7.47. The lowest BCUT2D eigenvalue weighted by Gasteiger charge is -2.14. The monoisotopic (exact) mass is 361 g/mol. The highest BCUT2D eigenvalue weighted by molar-refractivity contribution is 9.11. The van der Waals surface area contributed by atoms with E-state index in [-0.39, 0.29) is 0 Å². The predicted molar refractivity (Wildman–Crippen MR) is 84.8 cm³/mol. The van der Waals surface area contributed by atoms with Gasteiger partial charge in [0, 0.05) is 32.1 Å². The van der Waals surface area contributed by atoms with Crippen molar-refractivity contribution >= 4 is 43.7 Å². The van der Waals surface area contributed by atoms with Gasteiger partial charge in [-0.3, -0.25) is 0 Å². The summed E-state index contributed by atoms with van der Waals surface area (Å²) in [5.41, 5.74) is 7.96. The van der Waals surface area contributed by atoms with Crippen LogP contribution in [0.1, 0.15) is 16.1 Å². The standard InChI is InChI=1S/C12H16BrN3OS2/c1-16(5-8-3-11(13)18-7-8)12-15-9(6-17-2)10(4-14)19-12/h3,7H,4-6,14H2,1-2H3. The molecule has 4 nitrogen and oxygen atoms in total. The molecule has 2 heterocycles. The second kappa shape index (κ2) is 6.81. The van der Waals surface area contributed by atoms with Gasteiger partial charge in [-0.05, 0) is 32.9 Å². The van der Waals surface area contributed by atoms with E-state index in [0.29, 0.717) is 13.2 Å². The Labute approximate surface area is 129 Å². The number of hydrogen-bond donors (Lipinski definition) is 1. The van der Waals surface area contributed by atoms with Crippen LogP contribution in [-0.4, -0.2) is 19.1 Å². The van der Waals surface area contributed by atoms with Gasteiger partial charge < -0.3 is 15.4 Å². The van der Waals surface area contributed by atoms with Crippen LogP contribution in [0.15, 0.2) is 15.2 Å². The summed E-state index contributed by atoms with van der Waals surface area (Å²) in [5.74, 6) is 0. The van der Waals surface area contributed by atoms with Crippen LogP contribution in [0.25, 0.3) is 0 Å². The van der Waals surface area contributed by atoms with Crippen molar-refractivity contribution in [3.05, 3.63) is 31.4 Å². The van der Waals surface area contributed by atoms with E-state index in [9.17, 15) is 0 Å². The molecule has 0 amide bonds. The maximum absolute atomic E-state index is 5.74. The molecule has 104 valence electrons. The fourth-order valence-corrected chi connectivity index (χ4v) is 3.81. The van der Waals surface area contributed by atoms with Crippen LogP contribution < -0.4 is 10.6 Å². The van der Waals surface area contributed by atoms with Crippen LogP contribution in [0, 0.1) is 0 Å². The van der Waals surface area contributed by atoms with Crippen LogP contribution in [0.5, 0.6) is 0 Å². The van der Waals surface area contributed by atoms with Crippen molar-refractivity contribution in [1.82, 2.24) is 4.98 Å². The number of thiazole rings is 1. The third-order valence-corrected chi connectivity index (χ3v) is 5.39. The summed E-state index contributed by atoms with van der Waals surface area (Å²) in [5, 5.41) is 3.13. The Morgan fingerprint density at radius 1 is 1.53 bits per heavy atom. The van der Waals surface area contributed by atoms with Crippen molar-refractivity contribution in [2.24, 2.45) is 5.73 Å². The highest BCUT2D eigenvalue weighted by atomic mass is 79.9. The third kappa shape index (κ3) is 3.76. The van der Waals surface area contributed by atoms with Crippen LogP contribution in [-0.2, 0) is 24.4 Å².